The van der Waals surface area contributed by atoms with Crippen molar-refractivity contribution in [1.82, 2.24) is 4.98 Å². The number of pyridine rings is 1. The third kappa shape index (κ3) is 1.71. The molecule has 0 aromatic carbocycles. The van der Waals surface area contributed by atoms with Crippen LogP contribution in [0.1, 0.15) is 5.56 Å². The van der Waals surface area contributed by atoms with Gasteiger partial charge in [-0.25, -0.2) is 18.6 Å². The number of aliphatic imine (C=N–C) groups is 1. The number of rotatable bonds is 2. The molecule has 12 heavy (non-hydrogen) atoms. The fraction of sp³-hybridized carbons (Fsp3) is 0.143. The van der Waals surface area contributed by atoms with Gasteiger partial charge < -0.3 is 0 Å². The molecule has 0 spiro atoms. The summed E-state index contributed by atoms with van der Waals surface area (Å²) in [6, 6.07) is 0. The highest BCUT2D eigenvalue weighted by Gasteiger charge is 2.07. The molecule has 0 bridgehead atoms. The van der Waals surface area contributed by atoms with E-state index in [-0.39, 0.29) is 12.1 Å². The third-order valence-electron chi connectivity index (χ3n) is 1.25. The molecule has 0 radical (unpaired) electrons. The second-order valence-electron chi connectivity index (χ2n) is 1.99. The Hall–Kier alpha value is -1.61. The molecule has 1 aromatic heterocycles. The Morgan fingerprint density at radius 2 is 2.00 bits per heavy atom. The number of aromatic nitrogens is 1. The van der Waals surface area contributed by atoms with Gasteiger partial charge in [-0.2, -0.15) is 0 Å². The smallest absolute Gasteiger partial charge is 0.235 e. The van der Waals surface area contributed by atoms with Crippen LogP contribution in [0, 0.1) is 11.6 Å². The summed E-state index contributed by atoms with van der Waals surface area (Å²) in [5.74, 6) is -1.62. The Bertz CT molecular complexity index is 314. The second kappa shape index (κ2) is 3.69. The summed E-state index contributed by atoms with van der Waals surface area (Å²) >= 11 is 0. The van der Waals surface area contributed by atoms with E-state index < -0.39 is 11.6 Å². The van der Waals surface area contributed by atoms with E-state index in [1.54, 1.807) is 0 Å². The van der Waals surface area contributed by atoms with E-state index in [9.17, 15) is 13.6 Å². The number of hydrogen-bond acceptors (Lipinski definition) is 3. The van der Waals surface area contributed by atoms with Crippen LogP contribution in [0.4, 0.5) is 8.78 Å². The van der Waals surface area contributed by atoms with E-state index in [0.29, 0.717) is 0 Å². The first-order valence-electron chi connectivity index (χ1n) is 3.07. The molecule has 1 aromatic rings. The van der Waals surface area contributed by atoms with Crippen molar-refractivity contribution in [2.45, 2.75) is 6.54 Å². The molecule has 1 rings (SSSR count). The molecule has 0 aliphatic carbocycles. The van der Waals surface area contributed by atoms with Crippen LogP contribution >= 0.6 is 0 Å². The maximum Gasteiger partial charge on any atom is 0.235 e. The number of halogens is 2. The van der Waals surface area contributed by atoms with Crippen molar-refractivity contribution in [1.29, 1.82) is 0 Å². The molecule has 0 fully saturated rings. The Morgan fingerprint density at radius 3 is 2.50 bits per heavy atom. The van der Waals surface area contributed by atoms with Crippen molar-refractivity contribution in [3.8, 4) is 0 Å². The van der Waals surface area contributed by atoms with Gasteiger partial charge in [0.25, 0.3) is 0 Å². The average Bonchev–Trinajstić information content (AvgIpc) is 2.04. The van der Waals surface area contributed by atoms with Crippen LogP contribution in [-0.2, 0) is 11.3 Å². The van der Waals surface area contributed by atoms with E-state index in [0.717, 1.165) is 12.4 Å². The maximum absolute atomic E-state index is 12.7. The summed E-state index contributed by atoms with van der Waals surface area (Å²) in [6.07, 6.45) is 2.91. The minimum absolute atomic E-state index is 0.270. The monoisotopic (exact) mass is 170 g/mol. The number of hydrogen-bond donors (Lipinski definition) is 0. The van der Waals surface area contributed by atoms with E-state index >= 15 is 0 Å². The molecule has 0 saturated heterocycles. The number of carbonyl (C=O) groups excluding carboxylic acids is 1. The molecule has 5 heteroatoms. The summed E-state index contributed by atoms with van der Waals surface area (Å²) in [4.78, 5) is 16.0. The van der Waals surface area contributed by atoms with Crippen LogP contribution in [0.25, 0.3) is 0 Å². The number of nitrogens with zero attached hydrogens (tertiary/aromatic N) is 2. The van der Waals surface area contributed by atoms with Gasteiger partial charge in [0.05, 0.1) is 18.9 Å². The van der Waals surface area contributed by atoms with Crippen LogP contribution in [0.5, 0.6) is 0 Å². The Morgan fingerprint density at radius 1 is 1.42 bits per heavy atom. The van der Waals surface area contributed by atoms with Crippen molar-refractivity contribution in [3.05, 3.63) is 29.6 Å². The topological polar surface area (TPSA) is 42.3 Å². The molecule has 0 atom stereocenters. The quantitative estimate of drug-likeness (QED) is 0.494. The molecule has 0 N–H and O–H groups in total. The van der Waals surface area contributed by atoms with Gasteiger partial charge >= 0.3 is 0 Å². The van der Waals surface area contributed by atoms with E-state index in [1.165, 1.54) is 6.08 Å². The third-order valence-corrected chi connectivity index (χ3v) is 1.25. The first kappa shape index (κ1) is 8.49. The van der Waals surface area contributed by atoms with Gasteiger partial charge in [0, 0.05) is 5.56 Å². The molecule has 0 unspecified atom stereocenters. The van der Waals surface area contributed by atoms with Gasteiger partial charge in [-0.3, -0.25) is 4.98 Å². The Balaban J connectivity index is 3.03. The van der Waals surface area contributed by atoms with Gasteiger partial charge in [-0.1, -0.05) is 0 Å². The van der Waals surface area contributed by atoms with Gasteiger partial charge in [-0.05, 0) is 0 Å². The maximum atomic E-state index is 12.7. The van der Waals surface area contributed by atoms with Gasteiger partial charge in [0.15, 0.2) is 0 Å². The van der Waals surface area contributed by atoms with Crippen molar-refractivity contribution in [2.24, 2.45) is 4.99 Å². The lowest BCUT2D eigenvalue weighted by atomic mass is 10.2. The van der Waals surface area contributed by atoms with Crippen LogP contribution in [0.2, 0.25) is 0 Å². The van der Waals surface area contributed by atoms with E-state index in [2.05, 4.69) is 9.98 Å². The summed E-state index contributed by atoms with van der Waals surface area (Å²) in [5, 5.41) is 0. The standard InChI is InChI=1S/C7H4F2N2O/c8-6-2-10-3-7(9)5(6)1-11-4-12/h2-3H,1H2. The minimum atomic E-state index is -0.811. The fourth-order valence-electron chi connectivity index (χ4n) is 0.700. The first-order valence-corrected chi connectivity index (χ1v) is 3.07. The van der Waals surface area contributed by atoms with E-state index in [4.69, 9.17) is 0 Å². The highest BCUT2D eigenvalue weighted by Crippen LogP contribution is 2.10. The Labute approximate surface area is 66.8 Å². The molecule has 0 aliphatic rings. The van der Waals surface area contributed by atoms with Crippen LogP contribution in [-0.4, -0.2) is 11.1 Å². The second-order valence-corrected chi connectivity index (χ2v) is 1.99. The molecule has 62 valence electrons. The Kier molecular flexibility index (Phi) is 2.61. The molecule has 3 nitrogen and oxygen atoms in total. The number of isocyanates is 1. The summed E-state index contributed by atoms with van der Waals surface area (Å²) in [5.41, 5.74) is -0.270. The van der Waals surface area contributed by atoms with Crippen molar-refractivity contribution in [3.63, 3.8) is 0 Å². The fourth-order valence-corrected chi connectivity index (χ4v) is 0.700. The first-order chi connectivity index (χ1) is 5.75. The lowest BCUT2D eigenvalue weighted by molar-refractivity contribution is 0.543. The molecule has 0 amide bonds. The predicted octanol–water partition coefficient (Wildman–Crippen LogP) is 1.20. The lowest BCUT2D eigenvalue weighted by Gasteiger charge is -1.97. The lowest BCUT2D eigenvalue weighted by Crippen LogP contribution is -1.94. The highest BCUT2D eigenvalue weighted by molar-refractivity contribution is 5.33. The van der Waals surface area contributed by atoms with Gasteiger partial charge in [0.1, 0.15) is 11.6 Å². The zero-order valence-corrected chi connectivity index (χ0v) is 5.92. The molecular formula is C7H4F2N2O. The molecular weight excluding hydrogens is 166 g/mol. The zero-order valence-electron chi connectivity index (χ0n) is 5.92. The molecule has 1 heterocycles. The summed E-state index contributed by atoms with van der Waals surface area (Å²) in [6.45, 7) is -0.344. The molecule has 0 aliphatic heterocycles. The van der Waals surface area contributed by atoms with Gasteiger partial charge in [0.2, 0.25) is 6.08 Å². The highest BCUT2D eigenvalue weighted by atomic mass is 19.1. The van der Waals surface area contributed by atoms with Crippen molar-refractivity contribution < 1.29 is 13.6 Å². The largest absolute Gasteiger partial charge is 0.259 e. The minimum Gasteiger partial charge on any atom is -0.259 e. The summed E-state index contributed by atoms with van der Waals surface area (Å²) in [7, 11) is 0. The van der Waals surface area contributed by atoms with Crippen molar-refractivity contribution in [2.75, 3.05) is 0 Å². The van der Waals surface area contributed by atoms with Crippen LogP contribution in [0.15, 0.2) is 17.4 Å². The predicted molar refractivity (Wildman–Crippen MR) is 36.0 cm³/mol. The van der Waals surface area contributed by atoms with Crippen LogP contribution < -0.4 is 0 Å². The van der Waals surface area contributed by atoms with Crippen LogP contribution in [0.3, 0.4) is 0 Å². The zero-order chi connectivity index (χ0) is 8.97. The molecule has 0 saturated carbocycles. The SMILES string of the molecule is O=C=NCc1c(F)cncc1F. The van der Waals surface area contributed by atoms with Crippen molar-refractivity contribution >= 4 is 6.08 Å². The summed E-state index contributed by atoms with van der Waals surface area (Å²) < 4.78 is 25.4. The normalized spacial score (nSPS) is 9.17. The average molecular weight is 170 g/mol. The van der Waals surface area contributed by atoms with Gasteiger partial charge in [-0.15, -0.1) is 0 Å². The van der Waals surface area contributed by atoms with E-state index in [1.807, 2.05) is 0 Å².